The quantitative estimate of drug-likeness (QED) is 0.688. The molecule has 1 atom stereocenters. The Balaban J connectivity index is 4.74. The fraction of sp³-hybridized carbons (Fsp3) is 1.00. The molecule has 0 aromatic rings. The Morgan fingerprint density at radius 2 is 1.37 bits per heavy atom. The third-order valence-electron chi connectivity index (χ3n) is 4.56. The van der Waals surface area contributed by atoms with Crippen LogP contribution >= 0.6 is 0 Å². The van der Waals surface area contributed by atoms with Gasteiger partial charge in [0.15, 0.2) is 0 Å². The molecule has 0 saturated carbocycles. The van der Waals surface area contributed by atoms with Crippen LogP contribution in [0, 0.1) is 16.7 Å². The predicted molar refractivity (Wildman–Crippen MR) is 75.2 cm³/mol. The van der Waals surface area contributed by atoms with E-state index >= 15 is 0 Å². The summed E-state index contributed by atoms with van der Waals surface area (Å²) in [6, 6.07) is -1.36. The van der Waals surface area contributed by atoms with Gasteiger partial charge in [0.25, 0.3) is 0 Å². The van der Waals surface area contributed by atoms with Crippen LogP contribution in [0.3, 0.4) is 0 Å². The van der Waals surface area contributed by atoms with Gasteiger partial charge in [-0.15, -0.1) is 0 Å². The second kappa shape index (κ2) is 6.02. The van der Waals surface area contributed by atoms with Crippen molar-refractivity contribution in [1.82, 2.24) is 4.90 Å². The Morgan fingerprint density at radius 3 is 1.63 bits per heavy atom. The molecule has 0 aliphatic carbocycles. The third kappa shape index (κ3) is 5.33. The van der Waals surface area contributed by atoms with E-state index in [0.29, 0.717) is 6.54 Å². The molecule has 0 N–H and O–H groups in total. The van der Waals surface area contributed by atoms with E-state index < -0.39 is 18.1 Å². The van der Waals surface area contributed by atoms with Crippen molar-refractivity contribution in [3.63, 3.8) is 0 Å². The summed E-state index contributed by atoms with van der Waals surface area (Å²) in [5, 5.41) is 0. The van der Waals surface area contributed by atoms with E-state index in [1.54, 1.807) is 20.9 Å². The molecule has 0 saturated heterocycles. The molecule has 0 fully saturated rings. The summed E-state index contributed by atoms with van der Waals surface area (Å²) in [5.74, 6) is -0.428. The van der Waals surface area contributed by atoms with Crippen LogP contribution in [0.1, 0.15) is 54.9 Å². The van der Waals surface area contributed by atoms with Crippen LogP contribution in [-0.2, 0) is 0 Å². The molecule has 0 amide bonds. The zero-order valence-electron chi connectivity index (χ0n) is 13.7. The molecule has 0 aliphatic heterocycles. The van der Waals surface area contributed by atoms with Crippen molar-refractivity contribution in [3.8, 4) is 0 Å². The summed E-state index contributed by atoms with van der Waals surface area (Å²) in [5.41, 5.74) is 0.0911. The van der Waals surface area contributed by atoms with Gasteiger partial charge in [0.05, 0.1) is 0 Å². The van der Waals surface area contributed by atoms with E-state index in [2.05, 4.69) is 34.6 Å². The molecule has 1 nitrogen and oxygen atoms in total. The smallest absolute Gasteiger partial charge is 0.295 e. The summed E-state index contributed by atoms with van der Waals surface area (Å²) < 4.78 is 39.1. The maximum Gasteiger partial charge on any atom is 0.404 e. The van der Waals surface area contributed by atoms with Gasteiger partial charge in [0, 0.05) is 0 Å². The van der Waals surface area contributed by atoms with E-state index in [1.807, 2.05) is 0 Å². The molecular formula is C15H30F3N. The Kier molecular flexibility index (Phi) is 5.95. The molecule has 0 unspecified atom stereocenters. The van der Waals surface area contributed by atoms with Crippen LogP contribution in [0.25, 0.3) is 0 Å². The van der Waals surface area contributed by atoms with E-state index in [-0.39, 0.29) is 10.8 Å². The van der Waals surface area contributed by atoms with Crippen molar-refractivity contribution in [2.45, 2.75) is 67.1 Å². The average molecular weight is 281 g/mol. The molecule has 4 heteroatoms. The first-order chi connectivity index (χ1) is 8.20. The first-order valence-corrected chi connectivity index (χ1v) is 6.97. The monoisotopic (exact) mass is 281 g/mol. The zero-order valence-corrected chi connectivity index (χ0v) is 13.7. The third-order valence-corrected chi connectivity index (χ3v) is 4.56. The number of alkyl halides is 3. The zero-order chi connectivity index (χ0) is 15.6. The summed E-state index contributed by atoms with van der Waals surface area (Å²) in [4.78, 5) is 1.46. The molecule has 0 heterocycles. The molecule has 0 radical (unpaired) electrons. The molecule has 19 heavy (non-hydrogen) atoms. The summed E-state index contributed by atoms with van der Waals surface area (Å²) in [7, 11) is 1.58. The molecule has 0 spiro atoms. The van der Waals surface area contributed by atoms with Crippen LogP contribution < -0.4 is 0 Å². The molecular weight excluding hydrogens is 251 g/mol. The largest absolute Gasteiger partial charge is 0.404 e. The highest BCUT2D eigenvalue weighted by Crippen LogP contribution is 2.41. The van der Waals surface area contributed by atoms with Gasteiger partial charge in [0.1, 0.15) is 6.04 Å². The molecule has 116 valence electrons. The van der Waals surface area contributed by atoms with Gasteiger partial charge < -0.3 is 0 Å². The SMILES string of the molecule is CC(C)[C@H](N(C)CCC(C)(C)C(C)(C)C)C(F)(F)F. The van der Waals surface area contributed by atoms with Crippen LogP contribution in [0.2, 0.25) is 0 Å². The topological polar surface area (TPSA) is 3.24 Å². The number of nitrogens with zero attached hydrogens (tertiary/aromatic N) is 1. The van der Waals surface area contributed by atoms with Crippen molar-refractivity contribution in [3.05, 3.63) is 0 Å². The van der Waals surface area contributed by atoms with Gasteiger partial charge in [-0.25, -0.2) is 0 Å². The second-order valence-corrected chi connectivity index (χ2v) is 7.59. The van der Waals surface area contributed by atoms with E-state index in [4.69, 9.17) is 0 Å². The first-order valence-electron chi connectivity index (χ1n) is 6.97. The van der Waals surface area contributed by atoms with Crippen molar-refractivity contribution >= 4 is 0 Å². The molecule has 0 aromatic carbocycles. The lowest BCUT2D eigenvalue weighted by Gasteiger charge is -2.41. The van der Waals surface area contributed by atoms with Crippen molar-refractivity contribution in [2.24, 2.45) is 16.7 Å². The summed E-state index contributed by atoms with van der Waals surface area (Å²) >= 11 is 0. The fourth-order valence-electron chi connectivity index (χ4n) is 2.11. The number of hydrogen-bond acceptors (Lipinski definition) is 1. The highest BCUT2D eigenvalue weighted by atomic mass is 19.4. The normalized spacial score (nSPS) is 16.3. The lowest BCUT2D eigenvalue weighted by atomic mass is 9.67. The molecule has 0 aliphatic rings. The number of hydrogen-bond donors (Lipinski definition) is 0. The van der Waals surface area contributed by atoms with Gasteiger partial charge in [-0.3, -0.25) is 4.90 Å². The Bertz CT molecular complexity index is 274. The van der Waals surface area contributed by atoms with Crippen LogP contribution in [0.15, 0.2) is 0 Å². The minimum Gasteiger partial charge on any atom is -0.295 e. The number of rotatable bonds is 5. The summed E-state index contributed by atoms with van der Waals surface area (Å²) in [6.07, 6.45) is -3.40. The van der Waals surface area contributed by atoms with Gasteiger partial charge in [0.2, 0.25) is 0 Å². The highest BCUT2D eigenvalue weighted by molar-refractivity contribution is 4.85. The highest BCUT2D eigenvalue weighted by Gasteiger charge is 2.44. The maximum absolute atomic E-state index is 13.0. The van der Waals surface area contributed by atoms with Crippen LogP contribution in [-0.4, -0.2) is 30.7 Å². The van der Waals surface area contributed by atoms with E-state index in [9.17, 15) is 13.2 Å². The van der Waals surface area contributed by atoms with Gasteiger partial charge >= 0.3 is 6.18 Å². The minimum absolute atomic E-state index is 0.00832. The first kappa shape index (κ1) is 18.8. The van der Waals surface area contributed by atoms with E-state index in [0.717, 1.165) is 6.42 Å². The molecule has 0 rings (SSSR count). The fourth-order valence-corrected chi connectivity index (χ4v) is 2.11. The lowest BCUT2D eigenvalue weighted by Crippen LogP contribution is -2.48. The number of halogens is 3. The maximum atomic E-state index is 13.0. The molecule has 0 bridgehead atoms. The predicted octanol–water partition coefficient (Wildman–Crippen LogP) is 4.97. The molecule has 0 aromatic heterocycles. The second-order valence-electron chi connectivity index (χ2n) is 7.59. The summed E-state index contributed by atoms with van der Waals surface area (Å²) in [6.45, 7) is 14.4. The van der Waals surface area contributed by atoms with Gasteiger partial charge in [-0.1, -0.05) is 48.5 Å². The van der Waals surface area contributed by atoms with Crippen LogP contribution in [0.4, 0.5) is 13.2 Å². The van der Waals surface area contributed by atoms with Crippen LogP contribution in [0.5, 0.6) is 0 Å². The standard InChI is InChI=1S/C15H30F3N/c1-11(2)12(15(16,17)18)19(8)10-9-14(6,7)13(3,4)5/h11-12H,9-10H2,1-8H3/t12-/m0/s1. The van der Waals surface area contributed by atoms with Crippen molar-refractivity contribution in [2.75, 3.05) is 13.6 Å². The van der Waals surface area contributed by atoms with Crippen molar-refractivity contribution in [1.29, 1.82) is 0 Å². The lowest BCUT2D eigenvalue weighted by molar-refractivity contribution is -0.192. The Hall–Kier alpha value is -0.250. The average Bonchev–Trinajstić information content (AvgIpc) is 2.09. The van der Waals surface area contributed by atoms with E-state index in [1.165, 1.54) is 4.90 Å². The van der Waals surface area contributed by atoms with Gasteiger partial charge in [-0.05, 0) is 36.8 Å². The van der Waals surface area contributed by atoms with Gasteiger partial charge in [-0.2, -0.15) is 13.2 Å². The Labute approximate surface area is 116 Å². The minimum atomic E-state index is -4.16. The Morgan fingerprint density at radius 1 is 0.947 bits per heavy atom. The van der Waals surface area contributed by atoms with Crippen molar-refractivity contribution < 1.29 is 13.2 Å².